The molecule has 2 fully saturated rings. The van der Waals surface area contributed by atoms with Crippen molar-refractivity contribution >= 4 is 47.5 Å². The molecule has 1 saturated heterocycles. The first-order valence-corrected chi connectivity index (χ1v) is 16.8. The first kappa shape index (κ1) is 35.5. The number of thiophene rings is 1. The van der Waals surface area contributed by atoms with Gasteiger partial charge in [-0.25, -0.2) is 9.59 Å². The second-order valence-electron chi connectivity index (χ2n) is 12.6. The fourth-order valence-corrected chi connectivity index (χ4v) is 7.17. The van der Waals surface area contributed by atoms with E-state index in [4.69, 9.17) is 14.2 Å². The predicted octanol–water partition coefficient (Wildman–Crippen LogP) is 8.51. The van der Waals surface area contributed by atoms with E-state index in [-0.39, 0.29) is 30.3 Å². The van der Waals surface area contributed by atoms with Gasteiger partial charge in [-0.15, -0.1) is 23.7 Å². The summed E-state index contributed by atoms with van der Waals surface area (Å²) in [7, 11) is 2.10. The highest BCUT2D eigenvalue weighted by Gasteiger charge is 2.38. The van der Waals surface area contributed by atoms with Gasteiger partial charge >= 0.3 is 12.1 Å². The molecule has 0 spiro atoms. The quantitative estimate of drug-likeness (QED) is 0.167. The van der Waals surface area contributed by atoms with E-state index in [2.05, 4.69) is 18.9 Å². The van der Waals surface area contributed by atoms with Crippen LogP contribution in [0.3, 0.4) is 0 Å². The van der Waals surface area contributed by atoms with Crippen LogP contribution in [0.1, 0.15) is 80.8 Å². The van der Waals surface area contributed by atoms with Crippen LogP contribution in [0.5, 0.6) is 0 Å². The molecule has 46 heavy (non-hydrogen) atoms. The zero-order valence-corrected chi connectivity index (χ0v) is 28.7. The summed E-state index contributed by atoms with van der Waals surface area (Å²) < 4.78 is 16.7. The second-order valence-corrected chi connectivity index (χ2v) is 13.6. The van der Waals surface area contributed by atoms with Crippen LogP contribution in [-0.4, -0.2) is 55.2 Å². The van der Waals surface area contributed by atoms with Crippen molar-refractivity contribution in [2.75, 3.05) is 25.0 Å². The SMILES string of the molecule is CC1CCC(C(=O)N(c2cc(-c3ccccc3)sc2C(=O)OC(OC(=O)OC(C)C)c2ccccc2)C2CCN(C)CC2)CC1.Cl. The summed E-state index contributed by atoms with van der Waals surface area (Å²) in [5.74, 6) is -0.0545. The molecule has 248 valence electrons. The lowest BCUT2D eigenvalue weighted by atomic mass is 9.82. The predicted molar refractivity (Wildman–Crippen MR) is 183 cm³/mol. The van der Waals surface area contributed by atoms with Gasteiger partial charge < -0.3 is 24.0 Å². The number of esters is 1. The van der Waals surface area contributed by atoms with E-state index in [0.29, 0.717) is 22.0 Å². The Kier molecular flexibility index (Phi) is 12.7. The highest BCUT2D eigenvalue weighted by atomic mass is 35.5. The number of hydrogen-bond acceptors (Lipinski definition) is 8. The third-order valence-corrected chi connectivity index (χ3v) is 9.85. The van der Waals surface area contributed by atoms with Crippen LogP contribution in [0, 0.1) is 11.8 Å². The van der Waals surface area contributed by atoms with Crippen molar-refractivity contribution < 1.29 is 28.6 Å². The molecule has 2 aliphatic rings. The number of piperidine rings is 1. The van der Waals surface area contributed by atoms with Crippen LogP contribution < -0.4 is 4.90 Å². The van der Waals surface area contributed by atoms with Crippen molar-refractivity contribution in [1.82, 2.24) is 4.90 Å². The van der Waals surface area contributed by atoms with Crippen molar-refractivity contribution in [3.05, 3.63) is 77.2 Å². The molecular weight excluding hydrogens is 624 g/mol. The molecule has 1 saturated carbocycles. The van der Waals surface area contributed by atoms with Gasteiger partial charge in [-0.05, 0) is 90.1 Å². The van der Waals surface area contributed by atoms with E-state index in [1.54, 1.807) is 38.1 Å². The van der Waals surface area contributed by atoms with Gasteiger partial charge in [0.1, 0.15) is 4.88 Å². The number of rotatable bonds is 9. The van der Waals surface area contributed by atoms with Gasteiger partial charge in [-0.3, -0.25) is 4.79 Å². The lowest BCUT2D eigenvalue weighted by molar-refractivity contribution is -0.124. The molecule has 5 rings (SSSR count). The van der Waals surface area contributed by atoms with Gasteiger partial charge in [0.25, 0.3) is 6.29 Å². The molecular formula is C36H45ClN2O6S. The molecule has 2 heterocycles. The number of carbonyl (C=O) groups is 3. The zero-order valence-electron chi connectivity index (χ0n) is 27.1. The molecule has 10 heteroatoms. The van der Waals surface area contributed by atoms with E-state index in [9.17, 15) is 14.4 Å². The molecule has 1 aliphatic heterocycles. The summed E-state index contributed by atoms with van der Waals surface area (Å²) in [5, 5.41) is 0. The molecule has 1 aliphatic carbocycles. The van der Waals surface area contributed by atoms with Crippen molar-refractivity contribution in [1.29, 1.82) is 0 Å². The van der Waals surface area contributed by atoms with E-state index >= 15 is 0 Å². The van der Waals surface area contributed by atoms with E-state index in [0.717, 1.165) is 62.1 Å². The second kappa shape index (κ2) is 16.4. The van der Waals surface area contributed by atoms with E-state index < -0.39 is 24.5 Å². The average Bonchev–Trinajstić information content (AvgIpc) is 3.48. The number of carbonyl (C=O) groups excluding carboxylic acids is 3. The van der Waals surface area contributed by atoms with Gasteiger partial charge in [0.15, 0.2) is 0 Å². The summed E-state index contributed by atoms with van der Waals surface area (Å²) in [4.78, 5) is 46.6. The minimum atomic E-state index is -1.33. The number of nitrogens with zero attached hydrogens (tertiary/aromatic N) is 2. The van der Waals surface area contributed by atoms with Gasteiger partial charge in [0.2, 0.25) is 5.91 Å². The largest absolute Gasteiger partial charge is 0.511 e. The molecule has 1 amide bonds. The van der Waals surface area contributed by atoms with Crippen LogP contribution in [0.25, 0.3) is 10.4 Å². The maximum atomic E-state index is 14.5. The number of anilines is 1. The van der Waals surface area contributed by atoms with E-state index in [1.165, 1.54) is 11.3 Å². The summed E-state index contributed by atoms with van der Waals surface area (Å²) in [5.41, 5.74) is 2.01. The van der Waals surface area contributed by atoms with Gasteiger partial charge in [0, 0.05) is 22.4 Å². The number of hydrogen-bond donors (Lipinski definition) is 0. The topological polar surface area (TPSA) is 85.4 Å². The number of likely N-dealkylation sites (tertiary alicyclic amines) is 1. The summed E-state index contributed by atoms with van der Waals surface area (Å²) in [6, 6.07) is 20.6. The molecule has 2 aromatic carbocycles. The molecule has 0 N–H and O–H groups in total. The maximum absolute atomic E-state index is 14.5. The van der Waals surface area contributed by atoms with Crippen LogP contribution in [0.2, 0.25) is 0 Å². The average molecular weight is 669 g/mol. The zero-order chi connectivity index (χ0) is 31.9. The Morgan fingerprint density at radius 3 is 2.07 bits per heavy atom. The van der Waals surface area contributed by atoms with Gasteiger partial charge in [0.05, 0.1) is 11.8 Å². The Hall–Kier alpha value is -3.40. The Bertz CT molecular complexity index is 1430. The van der Waals surface area contributed by atoms with Gasteiger partial charge in [-0.1, -0.05) is 67.6 Å². The minimum absolute atomic E-state index is 0. The highest BCUT2D eigenvalue weighted by Crippen LogP contribution is 2.42. The summed E-state index contributed by atoms with van der Waals surface area (Å²) in [6.07, 6.45) is 2.70. The minimum Gasteiger partial charge on any atom is -0.431 e. The number of ether oxygens (including phenoxy) is 3. The number of benzene rings is 2. The third kappa shape index (κ3) is 8.90. The van der Waals surface area contributed by atoms with E-state index in [1.807, 2.05) is 47.4 Å². The highest BCUT2D eigenvalue weighted by molar-refractivity contribution is 7.18. The molecule has 3 aromatic rings. The first-order valence-electron chi connectivity index (χ1n) is 16.0. The Morgan fingerprint density at radius 1 is 0.848 bits per heavy atom. The molecule has 8 nitrogen and oxygen atoms in total. The number of halogens is 1. The smallest absolute Gasteiger partial charge is 0.431 e. The van der Waals surface area contributed by atoms with Crippen molar-refractivity contribution in [2.24, 2.45) is 11.8 Å². The summed E-state index contributed by atoms with van der Waals surface area (Å²) in [6.45, 7) is 7.42. The molecule has 1 unspecified atom stereocenters. The van der Waals surface area contributed by atoms with Crippen LogP contribution in [0.4, 0.5) is 10.5 Å². The van der Waals surface area contributed by atoms with Crippen LogP contribution in [0.15, 0.2) is 66.7 Å². The molecule has 1 aromatic heterocycles. The van der Waals surface area contributed by atoms with Crippen molar-refractivity contribution in [3.63, 3.8) is 0 Å². The Morgan fingerprint density at radius 2 is 1.46 bits per heavy atom. The van der Waals surface area contributed by atoms with Crippen LogP contribution >= 0.6 is 23.7 Å². The fraction of sp³-hybridized carbons (Fsp3) is 0.472. The third-order valence-electron chi connectivity index (χ3n) is 8.69. The molecule has 0 radical (unpaired) electrons. The first-order chi connectivity index (χ1) is 21.7. The molecule has 1 atom stereocenters. The standard InChI is InChI=1S/C36H44N2O6S.ClH/c1-24(2)42-36(41)44-35(28-13-9-6-10-14-28)43-34(40)32-30(23-31(45-32)26-11-7-5-8-12-26)38(29-19-21-37(4)22-20-29)33(39)27-17-15-25(3)16-18-27;/h5-14,23-25,27,29,35H,15-22H2,1-4H3;1H. The fourth-order valence-electron chi connectivity index (χ4n) is 6.13. The Labute approximate surface area is 282 Å². The lowest BCUT2D eigenvalue weighted by Crippen LogP contribution is -2.49. The Balaban J connectivity index is 0.00000480. The maximum Gasteiger partial charge on any atom is 0.511 e. The number of amides is 1. The van der Waals surface area contributed by atoms with Gasteiger partial charge in [-0.2, -0.15) is 0 Å². The molecule has 0 bridgehead atoms. The van der Waals surface area contributed by atoms with Crippen molar-refractivity contribution in [2.45, 2.75) is 77.7 Å². The van der Waals surface area contributed by atoms with Crippen LogP contribution in [-0.2, 0) is 19.0 Å². The lowest BCUT2D eigenvalue weighted by Gasteiger charge is -2.40. The normalized spacial score (nSPS) is 19.5. The summed E-state index contributed by atoms with van der Waals surface area (Å²) >= 11 is 1.29. The monoisotopic (exact) mass is 668 g/mol. The van der Waals surface area contributed by atoms with Crippen molar-refractivity contribution in [3.8, 4) is 10.4 Å².